The van der Waals surface area contributed by atoms with Crippen LogP contribution in [0.15, 0.2) is 24.3 Å². The Morgan fingerprint density at radius 1 is 1.33 bits per heavy atom. The Labute approximate surface area is 162 Å². The first-order valence-electron chi connectivity index (χ1n) is 10.4. The van der Waals surface area contributed by atoms with E-state index in [9.17, 15) is 4.79 Å². The Kier molecular flexibility index (Phi) is 5.53. The van der Waals surface area contributed by atoms with E-state index in [4.69, 9.17) is 9.47 Å². The minimum absolute atomic E-state index is 0.126. The van der Waals surface area contributed by atoms with E-state index in [2.05, 4.69) is 36.1 Å². The summed E-state index contributed by atoms with van der Waals surface area (Å²) in [5, 5.41) is 0. The second-order valence-corrected chi connectivity index (χ2v) is 8.33. The summed E-state index contributed by atoms with van der Waals surface area (Å²) in [5.41, 5.74) is 2.65. The molecule has 0 aromatic heterocycles. The summed E-state index contributed by atoms with van der Waals surface area (Å²) >= 11 is 0. The van der Waals surface area contributed by atoms with E-state index in [0.717, 1.165) is 38.4 Å². The van der Waals surface area contributed by atoms with Crippen molar-refractivity contribution in [3.8, 4) is 0 Å². The Morgan fingerprint density at radius 3 is 2.89 bits per heavy atom. The van der Waals surface area contributed by atoms with Gasteiger partial charge < -0.3 is 14.4 Å². The predicted molar refractivity (Wildman–Crippen MR) is 104 cm³/mol. The zero-order valence-electron chi connectivity index (χ0n) is 16.7. The summed E-state index contributed by atoms with van der Waals surface area (Å²) in [6, 6.07) is 8.73. The Hall–Kier alpha value is -1.43. The molecule has 4 rings (SSSR count). The summed E-state index contributed by atoms with van der Waals surface area (Å²) in [6.07, 6.45) is 4.05. The molecule has 1 spiro atoms. The van der Waals surface area contributed by atoms with Gasteiger partial charge in [-0.1, -0.05) is 31.2 Å². The van der Waals surface area contributed by atoms with Gasteiger partial charge in [0, 0.05) is 39.7 Å². The number of nitrogens with zero attached hydrogens (tertiary/aromatic N) is 2. The van der Waals surface area contributed by atoms with Crippen LogP contribution in [-0.4, -0.2) is 61.8 Å². The van der Waals surface area contributed by atoms with Crippen LogP contribution < -0.4 is 0 Å². The third-order valence-corrected chi connectivity index (χ3v) is 6.35. The van der Waals surface area contributed by atoms with Crippen molar-refractivity contribution in [2.75, 3.05) is 40.0 Å². The summed E-state index contributed by atoms with van der Waals surface area (Å²) in [4.78, 5) is 17.7. The molecule has 3 aliphatic rings. The highest BCUT2D eigenvalue weighted by Gasteiger charge is 2.53. The summed E-state index contributed by atoms with van der Waals surface area (Å²) in [7, 11) is 1.68. The molecule has 1 saturated carbocycles. The molecular formula is C22H32N2O3. The highest BCUT2D eigenvalue weighted by atomic mass is 16.5. The molecule has 2 fully saturated rings. The zero-order chi connectivity index (χ0) is 18.9. The van der Waals surface area contributed by atoms with Crippen LogP contribution in [-0.2, 0) is 26.4 Å². The van der Waals surface area contributed by atoms with Crippen molar-refractivity contribution in [2.24, 2.45) is 5.92 Å². The number of fused-ring (bicyclic) bond motifs is 2. The minimum Gasteiger partial charge on any atom is -0.383 e. The maximum absolute atomic E-state index is 13.2. The lowest BCUT2D eigenvalue weighted by Crippen LogP contribution is -2.45. The third-order valence-electron chi connectivity index (χ3n) is 6.35. The van der Waals surface area contributed by atoms with Crippen molar-refractivity contribution >= 4 is 5.91 Å². The molecule has 1 aromatic carbocycles. The van der Waals surface area contributed by atoms with Crippen LogP contribution in [0.25, 0.3) is 0 Å². The topological polar surface area (TPSA) is 42.0 Å². The molecule has 27 heavy (non-hydrogen) atoms. The number of carbonyl (C=O) groups is 1. The van der Waals surface area contributed by atoms with Crippen molar-refractivity contribution in [3.05, 3.63) is 35.4 Å². The quantitative estimate of drug-likeness (QED) is 0.704. The van der Waals surface area contributed by atoms with Crippen LogP contribution in [0, 0.1) is 5.92 Å². The lowest BCUT2D eigenvalue weighted by Gasteiger charge is -2.35. The molecule has 1 aromatic rings. The maximum Gasteiger partial charge on any atom is 0.251 e. The summed E-state index contributed by atoms with van der Waals surface area (Å²) in [6.45, 7) is 6.81. The fraction of sp³-hybridized carbons (Fsp3) is 0.682. The average molecular weight is 373 g/mol. The van der Waals surface area contributed by atoms with Gasteiger partial charge in [-0.05, 0) is 36.3 Å². The number of ether oxygens (including phenoxy) is 2. The molecule has 0 radical (unpaired) electrons. The molecule has 5 heteroatoms. The first-order chi connectivity index (χ1) is 13.2. The number of amides is 1. The second-order valence-electron chi connectivity index (χ2n) is 8.33. The maximum atomic E-state index is 13.2. The summed E-state index contributed by atoms with van der Waals surface area (Å²) < 4.78 is 11.4. The number of rotatable bonds is 8. The van der Waals surface area contributed by atoms with Crippen LogP contribution in [0.5, 0.6) is 0 Å². The van der Waals surface area contributed by atoms with Crippen molar-refractivity contribution < 1.29 is 14.3 Å². The van der Waals surface area contributed by atoms with Gasteiger partial charge in [0.1, 0.15) is 6.10 Å². The van der Waals surface area contributed by atoms with Crippen LogP contribution in [0.1, 0.15) is 43.7 Å². The Bertz CT molecular complexity index is 675. The fourth-order valence-corrected chi connectivity index (χ4v) is 4.73. The third kappa shape index (κ3) is 3.65. The van der Waals surface area contributed by atoms with E-state index in [-0.39, 0.29) is 17.6 Å². The standard InChI is InChI=1S/C22H32N2O3/c1-3-10-23(11-12-26-2)21(25)20-13-22(16-27-20)19-7-5-4-6-18(19)15-24(22)14-17-8-9-17/h4-7,17,20H,3,8-16H2,1-2H3/t20-,22-/m1/s1. The number of benzene rings is 1. The van der Waals surface area contributed by atoms with Crippen LogP contribution >= 0.6 is 0 Å². The predicted octanol–water partition coefficient (Wildman–Crippen LogP) is 2.78. The van der Waals surface area contributed by atoms with Crippen molar-refractivity contribution in [1.29, 1.82) is 0 Å². The lowest BCUT2D eigenvalue weighted by atomic mass is 9.86. The largest absolute Gasteiger partial charge is 0.383 e. The minimum atomic E-state index is -0.346. The SMILES string of the molecule is CCCN(CCOC)C(=O)[C@H]1C[C@@]2(CO1)c1ccccc1CN2CC1CC1. The molecule has 2 heterocycles. The fourth-order valence-electron chi connectivity index (χ4n) is 4.73. The van der Waals surface area contributed by atoms with Crippen molar-refractivity contribution in [2.45, 2.75) is 50.8 Å². The average Bonchev–Trinajstić information content (AvgIpc) is 3.31. The number of hydrogen-bond donors (Lipinski definition) is 0. The van der Waals surface area contributed by atoms with E-state index in [0.29, 0.717) is 19.8 Å². The molecule has 2 atom stereocenters. The number of carbonyl (C=O) groups excluding carboxylic acids is 1. The van der Waals surface area contributed by atoms with E-state index >= 15 is 0 Å². The van der Waals surface area contributed by atoms with Gasteiger partial charge >= 0.3 is 0 Å². The highest BCUT2D eigenvalue weighted by Crippen LogP contribution is 2.48. The first-order valence-corrected chi connectivity index (χ1v) is 10.4. The molecule has 0 bridgehead atoms. The number of methoxy groups -OCH3 is 1. The molecule has 1 amide bonds. The smallest absolute Gasteiger partial charge is 0.251 e. The molecule has 1 aliphatic carbocycles. The Morgan fingerprint density at radius 2 is 2.15 bits per heavy atom. The van der Waals surface area contributed by atoms with Gasteiger partial charge in [0.15, 0.2) is 0 Å². The lowest BCUT2D eigenvalue weighted by molar-refractivity contribution is -0.141. The zero-order valence-corrected chi connectivity index (χ0v) is 16.7. The van der Waals surface area contributed by atoms with E-state index in [1.54, 1.807) is 7.11 Å². The van der Waals surface area contributed by atoms with Crippen molar-refractivity contribution in [3.63, 3.8) is 0 Å². The molecular weight excluding hydrogens is 340 g/mol. The van der Waals surface area contributed by atoms with Gasteiger partial charge in [-0.25, -0.2) is 0 Å². The normalized spacial score (nSPS) is 27.3. The molecule has 2 aliphatic heterocycles. The molecule has 148 valence electrons. The molecule has 0 unspecified atom stereocenters. The van der Waals surface area contributed by atoms with Gasteiger partial charge in [-0.3, -0.25) is 9.69 Å². The van der Waals surface area contributed by atoms with Crippen LogP contribution in [0.3, 0.4) is 0 Å². The highest BCUT2D eigenvalue weighted by molar-refractivity contribution is 5.81. The van der Waals surface area contributed by atoms with Crippen molar-refractivity contribution in [1.82, 2.24) is 9.80 Å². The number of hydrogen-bond acceptors (Lipinski definition) is 4. The molecule has 5 nitrogen and oxygen atoms in total. The van der Waals surface area contributed by atoms with Gasteiger partial charge in [-0.15, -0.1) is 0 Å². The Balaban J connectivity index is 1.53. The van der Waals surface area contributed by atoms with Gasteiger partial charge in [0.2, 0.25) is 0 Å². The van der Waals surface area contributed by atoms with Crippen LogP contribution in [0.2, 0.25) is 0 Å². The van der Waals surface area contributed by atoms with E-state index in [1.807, 2.05) is 4.90 Å². The molecule has 1 saturated heterocycles. The van der Waals surface area contributed by atoms with E-state index < -0.39 is 0 Å². The van der Waals surface area contributed by atoms with E-state index in [1.165, 1.54) is 24.0 Å². The van der Waals surface area contributed by atoms with Gasteiger partial charge in [-0.2, -0.15) is 0 Å². The molecule has 0 N–H and O–H groups in total. The first kappa shape index (κ1) is 18.9. The monoisotopic (exact) mass is 372 g/mol. The van der Waals surface area contributed by atoms with Gasteiger partial charge in [0.25, 0.3) is 5.91 Å². The van der Waals surface area contributed by atoms with Gasteiger partial charge in [0.05, 0.1) is 18.8 Å². The second kappa shape index (κ2) is 7.90. The van der Waals surface area contributed by atoms with Crippen LogP contribution in [0.4, 0.5) is 0 Å². The summed E-state index contributed by atoms with van der Waals surface area (Å²) in [5.74, 6) is 0.950.